The van der Waals surface area contributed by atoms with Gasteiger partial charge in [0, 0.05) is 24.2 Å². The molecule has 0 bridgehead atoms. The summed E-state index contributed by atoms with van der Waals surface area (Å²) < 4.78 is 10.7. The van der Waals surface area contributed by atoms with E-state index < -0.39 is 0 Å². The van der Waals surface area contributed by atoms with Gasteiger partial charge in [0.2, 0.25) is 0 Å². The molecule has 0 unspecified atom stereocenters. The van der Waals surface area contributed by atoms with Crippen LogP contribution in [0.2, 0.25) is 0 Å². The highest BCUT2D eigenvalue weighted by Gasteiger charge is 2.38. The van der Waals surface area contributed by atoms with Gasteiger partial charge in [-0.1, -0.05) is 0 Å². The van der Waals surface area contributed by atoms with Gasteiger partial charge in [-0.05, 0) is 25.7 Å². The van der Waals surface area contributed by atoms with E-state index >= 15 is 0 Å². The first-order chi connectivity index (χ1) is 8.76. The lowest BCUT2D eigenvalue weighted by atomic mass is 9.74. The molecule has 1 heterocycles. The van der Waals surface area contributed by atoms with E-state index in [0.717, 1.165) is 29.4 Å². The van der Waals surface area contributed by atoms with Crippen LogP contribution in [0.25, 0.3) is 0 Å². The largest absolute Gasteiger partial charge is 0.493 e. The van der Waals surface area contributed by atoms with Gasteiger partial charge in [0.1, 0.15) is 0 Å². The zero-order chi connectivity index (χ0) is 12.6. The summed E-state index contributed by atoms with van der Waals surface area (Å²) in [4.78, 5) is 0. The van der Waals surface area contributed by atoms with Crippen molar-refractivity contribution in [3.05, 3.63) is 12.1 Å². The lowest BCUT2D eigenvalue weighted by Gasteiger charge is -2.42. The number of benzene rings is 1. The van der Waals surface area contributed by atoms with Crippen molar-refractivity contribution in [3.63, 3.8) is 0 Å². The fraction of sp³-hybridized carbons (Fsp3) is 0.571. The van der Waals surface area contributed by atoms with Crippen LogP contribution in [0.1, 0.15) is 25.7 Å². The average molecular weight is 248 g/mol. The molecular weight excluding hydrogens is 228 g/mol. The van der Waals surface area contributed by atoms with Gasteiger partial charge < -0.3 is 20.1 Å². The number of anilines is 2. The number of nitrogens with one attached hydrogen (secondary N) is 2. The predicted octanol–water partition coefficient (Wildman–Crippen LogP) is 2.85. The highest BCUT2D eigenvalue weighted by Crippen LogP contribution is 2.44. The van der Waals surface area contributed by atoms with Crippen molar-refractivity contribution < 1.29 is 9.47 Å². The summed E-state index contributed by atoms with van der Waals surface area (Å²) in [5.74, 6) is 1.55. The van der Waals surface area contributed by atoms with E-state index in [1.807, 2.05) is 12.1 Å². The SMILES string of the molecule is COc1cc2c(cc1OC)NC1(CCC1)CCN2. The van der Waals surface area contributed by atoms with Gasteiger partial charge in [0.15, 0.2) is 11.5 Å². The highest BCUT2D eigenvalue weighted by molar-refractivity contribution is 5.75. The number of ether oxygens (including phenoxy) is 2. The molecule has 1 saturated carbocycles. The molecule has 0 amide bonds. The summed E-state index contributed by atoms with van der Waals surface area (Å²) in [5.41, 5.74) is 2.54. The molecule has 98 valence electrons. The molecule has 1 aliphatic carbocycles. The standard InChI is InChI=1S/C14H20N2O2/c1-17-12-8-10-11(9-13(12)18-2)16-14(4-3-5-14)6-7-15-10/h8-9,15-16H,3-7H2,1-2H3. The van der Waals surface area contributed by atoms with Crippen LogP contribution >= 0.6 is 0 Å². The minimum atomic E-state index is 0.303. The monoisotopic (exact) mass is 248 g/mol. The number of methoxy groups -OCH3 is 2. The van der Waals surface area contributed by atoms with E-state index in [-0.39, 0.29) is 0 Å². The molecule has 1 spiro atoms. The van der Waals surface area contributed by atoms with Gasteiger partial charge in [0.25, 0.3) is 0 Å². The van der Waals surface area contributed by atoms with Crippen molar-refractivity contribution in [2.75, 3.05) is 31.4 Å². The Labute approximate surface area is 108 Å². The van der Waals surface area contributed by atoms with E-state index in [0.29, 0.717) is 5.54 Å². The zero-order valence-corrected chi connectivity index (χ0v) is 11.0. The fourth-order valence-electron chi connectivity index (χ4n) is 2.89. The Hall–Kier alpha value is -1.58. The molecule has 2 N–H and O–H groups in total. The number of hydrogen-bond donors (Lipinski definition) is 2. The van der Waals surface area contributed by atoms with Crippen molar-refractivity contribution in [1.82, 2.24) is 0 Å². The maximum absolute atomic E-state index is 5.37. The van der Waals surface area contributed by atoms with Crippen molar-refractivity contribution in [2.24, 2.45) is 0 Å². The summed E-state index contributed by atoms with van der Waals surface area (Å²) >= 11 is 0. The summed E-state index contributed by atoms with van der Waals surface area (Å²) in [6, 6.07) is 4.05. The minimum absolute atomic E-state index is 0.303. The molecule has 1 aliphatic heterocycles. The number of rotatable bonds is 2. The summed E-state index contributed by atoms with van der Waals surface area (Å²) in [6.45, 7) is 1.01. The van der Waals surface area contributed by atoms with E-state index in [4.69, 9.17) is 9.47 Å². The first-order valence-corrected chi connectivity index (χ1v) is 6.54. The Kier molecular flexibility index (Phi) is 2.73. The van der Waals surface area contributed by atoms with Crippen LogP contribution in [-0.2, 0) is 0 Å². The lowest BCUT2D eigenvalue weighted by Crippen LogP contribution is -2.45. The van der Waals surface area contributed by atoms with E-state index in [1.54, 1.807) is 14.2 Å². The molecule has 0 radical (unpaired) electrons. The third kappa shape index (κ3) is 1.76. The molecular formula is C14H20N2O2. The molecule has 0 saturated heterocycles. The normalized spacial score (nSPS) is 19.9. The second kappa shape index (κ2) is 4.26. The third-order valence-corrected chi connectivity index (χ3v) is 4.15. The van der Waals surface area contributed by atoms with Crippen LogP contribution in [0.3, 0.4) is 0 Å². The quantitative estimate of drug-likeness (QED) is 0.844. The van der Waals surface area contributed by atoms with Crippen LogP contribution in [0.4, 0.5) is 11.4 Å². The summed E-state index contributed by atoms with van der Waals surface area (Å²) in [5, 5.41) is 7.18. The lowest BCUT2D eigenvalue weighted by molar-refractivity contribution is 0.268. The van der Waals surface area contributed by atoms with E-state index in [1.165, 1.54) is 25.7 Å². The number of hydrogen-bond acceptors (Lipinski definition) is 4. The van der Waals surface area contributed by atoms with Crippen LogP contribution in [0.5, 0.6) is 11.5 Å². The Morgan fingerprint density at radius 2 is 1.67 bits per heavy atom. The zero-order valence-electron chi connectivity index (χ0n) is 11.0. The van der Waals surface area contributed by atoms with Gasteiger partial charge >= 0.3 is 0 Å². The van der Waals surface area contributed by atoms with E-state index in [2.05, 4.69) is 10.6 Å². The van der Waals surface area contributed by atoms with Gasteiger partial charge in [-0.3, -0.25) is 0 Å². The molecule has 4 heteroatoms. The van der Waals surface area contributed by atoms with Crippen molar-refractivity contribution in [1.29, 1.82) is 0 Å². The fourth-order valence-corrected chi connectivity index (χ4v) is 2.89. The molecule has 4 nitrogen and oxygen atoms in total. The predicted molar refractivity (Wildman–Crippen MR) is 72.9 cm³/mol. The minimum Gasteiger partial charge on any atom is -0.493 e. The molecule has 1 aromatic carbocycles. The molecule has 3 rings (SSSR count). The van der Waals surface area contributed by atoms with Gasteiger partial charge in [0.05, 0.1) is 25.6 Å². The van der Waals surface area contributed by atoms with Crippen molar-refractivity contribution in [2.45, 2.75) is 31.2 Å². The summed E-state index contributed by atoms with van der Waals surface area (Å²) in [7, 11) is 3.34. The van der Waals surface area contributed by atoms with Crippen molar-refractivity contribution in [3.8, 4) is 11.5 Å². The first-order valence-electron chi connectivity index (χ1n) is 6.54. The van der Waals surface area contributed by atoms with E-state index in [9.17, 15) is 0 Å². The van der Waals surface area contributed by atoms with Crippen LogP contribution in [0, 0.1) is 0 Å². The molecule has 2 aliphatic rings. The Balaban J connectivity index is 1.98. The molecule has 1 aromatic rings. The molecule has 1 fully saturated rings. The van der Waals surface area contributed by atoms with Gasteiger partial charge in [-0.15, -0.1) is 0 Å². The summed E-state index contributed by atoms with van der Waals surface area (Å²) in [6.07, 6.45) is 5.03. The number of fused-ring (bicyclic) bond motifs is 1. The van der Waals surface area contributed by atoms with Gasteiger partial charge in [-0.2, -0.15) is 0 Å². The topological polar surface area (TPSA) is 42.5 Å². The smallest absolute Gasteiger partial charge is 0.162 e. The Bertz CT molecular complexity index is 455. The molecule has 18 heavy (non-hydrogen) atoms. The Morgan fingerprint density at radius 1 is 1.00 bits per heavy atom. The van der Waals surface area contributed by atoms with Gasteiger partial charge in [-0.25, -0.2) is 0 Å². The van der Waals surface area contributed by atoms with Crippen LogP contribution in [-0.4, -0.2) is 26.3 Å². The maximum atomic E-state index is 5.37. The molecule has 0 aromatic heterocycles. The Morgan fingerprint density at radius 3 is 2.22 bits per heavy atom. The van der Waals surface area contributed by atoms with Crippen LogP contribution < -0.4 is 20.1 Å². The second-order valence-corrected chi connectivity index (χ2v) is 5.19. The van der Waals surface area contributed by atoms with Crippen LogP contribution in [0.15, 0.2) is 12.1 Å². The third-order valence-electron chi connectivity index (χ3n) is 4.15. The average Bonchev–Trinajstić information content (AvgIpc) is 2.55. The first kappa shape index (κ1) is 11.5. The molecule has 0 atom stereocenters. The maximum Gasteiger partial charge on any atom is 0.162 e. The highest BCUT2D eigenvalue weighted by atomic mass is 16.5. The second-order valence-electron chi connectivity index (χ2n) is 5.19. The van der Waals surface area contributed by atoms with Crippen molar-refractivity contribution >= 4 is 11.4 Å².